The predicted octanol–water partition coefficient (Wildman–Crippen LogP) is 5.26. The number of halogens is 1. The predicted molar refractivity (Wildman–Crippen MR) is 172 cm³/mol. The molecule has 0 aliphatic heterocycles. The van der Waals surface area contributed by atoms with E-state index in [-0.39, 0.29) is 23.0 Å². The number of rotatable bonds is 12. The first-order valence-electron chi connectivity index (χ1n) is 15.4. The number of anilines is 2. The van der Waals surface area contributed by atoms with E-state index in [0.29, 0.717) is 41.4 Å². The summed E-state index contributed by atoms with van der Waals surface area (Å²) in [5.74, 6) is -0.831. The highest BCUT2D eigenvalue weighted by molar-refractivity contribution is 7.89. The molecule has 13 heteroatoms. The summed E-state index contributed by atoms with van der Waals surface area (Å²) >= 11 is 0. The topological polar surface area (TPSA) is 151 Å². The van der Waals surface area contributed by atoms with E-state index in [1.165, 1.54) is 36.4 Å². The highest BCUT2D eigenvalue weighted by Gasteiger charge is 2.29. The minimum absolute atomic E-state index is 0.00449. The smallest absolute Gasteiger partial charge is 0.242 e. The molecular weight excluding hydrogens is 597 g/mol. The van der Waals surface area contributed by atoms with E-state index in [4.69, 9.17) is 10.1 Å². The lowest BCUT2D eigenvalue weighted by molar-refractivity contribution is -0.118. The van der Waals surface area contributed by atoms with Crippen molar-refractivity contribution in [3.63, 3.8) is 0 Å². The van der Waals surface area contributed by atoms with E-state index in [2.05, 4.69) is 27.3 Å². The Kier molecular flexibility index (Phi) is 10.1. The van der Waals surface area contributed by atoms with Gasteiger partial charge in [-0.25, -0.2) is 22.5 Å². The van der Waals surface area contributed by atoms with E-state index in [9.17, 15) is 22.7 Å². The SMILES string of the molecule is CCCCNc1ncc2c(-c3ccc(S(=O)(=O)NC(C(=O)Nc4ccc(F)cc4)C(C)C)cc3)nn(C3CCC(O)CC3)c2n1. The van der Waals surface area contributed by atoms with Crippen LogP contribution in [-0.4, -0.2) is 57.9 Å². The lowest BCUT2D eigenvalue weighted by Gasteiger charge is -2.25. The summed E-state index contributed by atoms with van der Waals surface area (Å²) < 4.78 is 44.5. The lowest BCUT2D eigenvalue weighted by Crippen LogP contribution is -2.47. The fourth-order valence-corrected chi connectivity index (χ4v) is 6.77. The van der Waals surface area contributed by atoms with Crippen LogP contribution in [0.1, 0.15) is 65.3 Å². The van der Waals surface area contributed by atoms with Crippen molar-refractivity contribution in [2.24, 2.45) is 5.92 Å². The number of carbonyl (C=O) groups is 1. The number of aromatic nitrogens is 4. The summed E-state index contributed by atoms with van der Waals surface area (Å²) in [4.78, 5) is 22.3. The highest BCUT2D eigenvalue weighted by Crippen LogP contribution is 2.35. The number of amides is 1. The Hall–Kier alpha value is -3.94. The van der Waals surface area contributed by atoms with Crippen LogP contribution < -0.4 is 15.4 Å². The maximum Gasteiger partial charge on any atom is 0.242 e. The Balaban J connectivity index is 1.40. The number of nitrogens with zero attached hydrogens (tertiary/aromatic N) is 4. The Bertz CT molecular complexity index is 1720. The maximum atomic E-state index is 13.4. The largest absolute Gasteiger partial charge is 0.393 e. The molecule has 11 nitrogen and oxygen atoms in total. The first-order valence-corrected chi connectivity index (χ1v) is 16.9. The third-order valence-corrected chi connectivity index (χ3v) is 9.51. The molecule has 0 spiro atoms. The summed E-state index contributed by atoms with van der Waals surface area (Å²) in [5, 5.41) is 21.7. The maximum absolute atomic E-state index is 13.4. The van der Waals surface area contributed by atoms with Gasteiger partial charge in [-0.1, -0.05) is 39.3 Å². The van der Waals surface area contributed by atoms with Gasteiger partial charge in [0.15, 0.2) is 5.65 Å². The van der Waals surface area contributed by atoms with E-state index in [1.807, 2.05) is 4.68 Å². The molecule has 4 aromatic rings. The van der Waals surface area contributed by atoms with Gasteiger partial charge in [-0.2, -0.15) is 14.8 Å². The van der Waals surface area contributed by atoms with Crippen molar-refractivity contribution in [1.29, 1.82) is 0 Å². The standard InChI is InChI=1S/C32H40FN7O4S/c1-4-5-18-34-32-35-19-27-29(38-40(30(27)37-32)24-12-14-25(41)15-13-24)21-6-16-26(17-7-21)45(43,44)39-28(20(2)3)31(42)36-23-10-8-22(33)9-11-23/h6-11,16-17,19-20,24-25,28,39,41H,4-5,12-15,18H2,1-3H3,(H,36,42)(H,34,35,37). The van der Waals surface area contributed by atoms with Crippen LogP contribution in [0.2, 0.25) is 0 Å². The van der Waals surface area contributed by atoms with Crippen molar-refractivity contribution in [3.8, 4) is 11.3 Å². The number of nitrogens with one attached hydrogen (secondary N) is 3. The van der Waals surface area contributed by atoms with Crippen molar-refractivity contribution >= 4 is 38.6 Å². The molecule has 1 aliphatic carbocycles. The number of carbonyl (C=O) groups excluding carboxylic acids is 1. The van der Waals surface area contributed by atoms with Gasteiger partial charge in [0.05, 0.1) is 22.4 Å². The minimum atomic E-state index is -4.08. The monoisotopic (exact) mass is 637 g/mol. The number of aliphatic hydroxyl groups is 1. The summed E-state index contributed by atoms with van der Waals surface area (Å²) in [6.45, 7) is 6.35. The molecule has 0 saturated heterocycles. The molecule has 45 heavy (non-hydrogen) atoms. The van der Waals surface area contributed by atoms with Gasteiger partial charge in [-0.3, -0.25) is 4.79 Å². The molecule has 240 valence electrons. The van der Waals surface area contributed by atoms with Crippen LogP contribution in [-0.2, 0) is 14.8 Å². The van der Waals surface area contributed by atoms with E-state index in [1.54, 1.807) is 32.2 Å². The molecule has 2 aromatic carbocycles. The molecule has 0 bridgehead atoms. The second kappa shape index (κ2) is 14.0. The fourth-order valence-electron chi connectivity index (χ4n) is 5.43. The first kappa shape index (κ1) is 32.5. The minimum Gasteiger partial charge on any atom is -0.393 e. The Labute approximate surface area is 262 Å². The number of fused-ring (bicyclic) bond motifs is 1. The van der Waals surface area contributed by atoms with Crippen LogP contribution in [0, 0.1) is 11.7 Å². The second-order valence-corrected chi connectivity index (χ2v) is 13.5. The van der Waals surface area contributed by atoms with Crippen molar-refractivity contribution in [2.75, 3.05) is 17.2 Å². The Morgan fingerprint density at radius 3 is 2.40 bits per heavy atom. The fraction of sp³-hybridized carbons (Fsp3) is 0.438. The van der Waals surface area contributed by atoms with Crippen molar-refractivity contribution < 1.29 is 22.7 Å². The van der Waals surface area contributed by atoms with Crippen LogP contribution in [0.15, 0.2) is 59.6 Å². The quantitative estimate of drug-likeness (QED) is 0.154. The molecule has 5 rings (SSSR count). The van der Waals surface area contributed by atoms with Gasteiger partial charge < -0.3 is 15.7 Å². The zero-order valence-corrected chi connectivity index (χ0v) is 26.5. The molecule has 1 aliphatic rings. The average molecular weight is 638 g/mol. The van der Waals surface area contributed by atoms with Gasteiger partial charge in [0.2, 0.25) is 21.9 Å². The molecule has 2 heterocycles. The van der Waals surface area contributed by atoms with Crippen molar-refractivity contribution in [3.05, 3.63) is 60.5 Å². The number of aliphatic hydroxyl groups excluding tert-OH is 1. The summed E-state index contributed by atoms with van der Waals surface area (Å²) in [6, 6.07) is 10.6. The zero-order valence-electron chi connectivity index (χ0n) is 25.7. The Morgan fingerprint density at radius 2 is 1.76 bits per heavy atom. The average Bonchev–Trinajstić information content (AvgIpc) is 3.40. The second-order valence-electron chi connectivity index (χ2n) is 11.8. The number of hydrogen-bond donors (Lipinski definition) is 4. The third kappa shape index (κ3) is 7.66. The van der Waals surface area contributed by atoms with Gasteiger partial charge in [0.25, 0.3) is 0 Å². The van der Waals surface area contributed by atoms with Gasteiger partial charge in [0, 0.05) is 24.0 Å². The number of sulfonamides is 1. The Morgan fingerprint density at radius 1 is 1.07 bits per heavy atom. The molecule has 0 radical (unpaired) electrons. The van der Waals surface area contributed by atoms with E-state index < -0.39 is 27.8 Å². The van der Waals surface area contributed by atoms with E-state index in [0.717, 1.165) is 37.6 Å². The van der Waals surface area contributed by atoms with Crippen molar-refractivity contribution in [1.82, 2.24) is 24.5 Å². The van der Waals surface area contributed by atoms with Gasteiger partial charge in [-0.05, 0) is 74.4 Å². The molecule has 4 N–H and O–H groups in total. The van der Waals surface area contributed by atoms with Crippen molar-refractivity contribution in [2.45, 2.75) is 82.4 Å². The first-order chi connectivity index (χ1) is 21.6. The van der Waals surface area contributed by atoms with Gasteiger partial charge >= 0.3 is 0 Å². The van der Waals surface area contributed by atoms with Gasteiger partial charge in [-0.15, -0.1) is 0 Å². The zero-order chi connectivity index (χ0) is 32.1. The normalized spacial score (nSPS) is 17.8. The summed E-state index contributed by atoms with van der Waals surface area (Å²) in [6.07, 6.45) is 6.39. The van der Waals surface area contributed by atoms with Crippen LogP contribution in [0.25, 0.3) is 22.3 Å². The molecule has 1 fully saturated rings. The van der Waals surface area contributed by atoms with Crippen LogP contribution in [0.5, 0.6) is 0 Å². The van der Waals surface area contributed by atoms with E-state index >= 15 is 0 Å². The molecule has 2 aromatic heterocycles. The number of unbranched alkanes of at least 4 members (excludes halogenated alkanes) is 1. The summed E-state index contributed by atoms with van der Waals surface area (Å²) in [5.41, 5.74) is 2.37. The summed E-state index contributed by atoms with van der Waals surface area (Å²) in [7, 11) is -4.08. The number of benzene rings is 2. The lowest BCUT2D eigenvalue weighted by atomic mass is 9.93. The van der Waals surface area contributed by atoms with Crippen LogP contribution in [0.3, 0.4) is 0 Å². The molecule has 1 unspecified atom stereocenters. The third-order valence-electron chi connectivity index (χ3n) is 8.06. The van der Waals surface area contributed by atoms with Crippen LogP contribution in [0.4, 0.5) is 16.0 Å². The highest BCUT2D eigenvalue weighted by atomic mass is 32.2. The molecule has 1 amide bonds. The number of hydrogen-bond acceptors (Lipinski definition) is 8. The molecule has 1 saturated carbocycles. The van der Waals surface area contributed by atoms with Crippen LogP contribution >= 0.6 is 0 Å². The molecular formula is C32H40FN7O4S. The molecule has 1 atom stereocenters. The van der Waals surface area contributed by atoms with Gasteiger partial charge in [0.1, 0.15) is 17.6 Å².